The zero-order valence-corrected chi connectivity index (χ0v) is 6.47. The Balaban J connectivity index is 2.32. The van der Waals surface area contributed by atoms with E-state index in [9.17, 15) is 0 Å². The second-order valence-electron chi connectivity index (χ2n) is 2.41. The van der Waals surface area contributed by atoms with E-state index in [1.54, 1.807) is 0 Å². The normalized spacial score (nSPS) is 22.1. The van der Waals surface area contributed by atoms with Crippen molar-refractivity contribution in [3.63, 3.8) is 0 Å². The maximum atomic E-state index is 8.94. The van der Waals surface area contributed by atoms with Crippen LogP contribution in [0.5, 0.6) is 0 Å². The minimum Gasteiger partial charge on any atom is -0.314 e. The van der Waals surface area contributed by atoms with Gasteiger partial charge in [0.2, 0.25) is 0 Å². The maximum Gasteiger partial charge on any atom is 0.0628 e. The van der Waals surface area contributed by atoms with E-state index in [0.29, 0.717) is 19.1 Å². The van der Waals surface area contributed by atoms with Gasteiger partial charge in [0.25, 0.3) is 0 Å². The predicted molar refractivity (Wildman–Crippen MR) is 41.4 cm³/mol. The van der Waals surface area contributed by atoms with Gasteiger partial charge in [0.15, 0.2) is 0 Å². The van der Waals surface area contributed by atoms with Gasteiger partial charge in [0, 0.05) is 13.1 Å². The Bertz CT molecular complexity index is 148. The van der Waals surface area contributed by atoms with Crippen molar-refractivity contribution in [1.82, 2.24) is 5.06 Å². The van der Waals surface area contributed by atoms with E-state index in [-0.39, 0.29) is 0 Å². The molecule has 0 amide bonds. The van der Waals surface area contributed by atoms with E-state index < -0.39 is 0 Å². The van der Waals surface area contributed by atoms with Gasteiger partial charge in [0.05, 0.1) is 11.2 Å². The number of hydrogen-bond donors (Lipinski definition) is 1. The van der Waals surface area contributed by atoms with Crippen molar-refractivity contribution in [3.8, 4) is 0 Å². The van der Waals surface area contributed by atoms with Gasteiger partial charge in [-0.2, -0.15) is 5.06 Å². The maximum absolute atomic E-state index is 8.94. The lowest BCUT2D eigenvalue weighted by Gasteiger charge is -2.23. The van der Waals surface area contributed by atoms with Gasteiger partial charge in [-0.1, -0.05) is 0 Å². The molecule has 1 aliphatic rings. The smallest absolute Gasteiger partial charge is 0.0628 e. The first-order chi connectivity index (χ1) is 4.83. The topological polar surface area (TPSA) is 35.8 Å². The number of thiocarbonyl (C=S) groups is 1. The first-order valence-corrected chi connectivity index (χ1v) is 3.74. The highest BCUT2D eigenvalue weighted by molar-refractivity contribution is 7.78. The summed E-state index contributed by atoms with van der Waals surface area (Å²) in [4.78, 5) is 3.95. The van der Waals surface area contributed by atoms with Crippen molar-refractivity contribution < 1.29 is 5.21 Å². The van der Waals surface area contributed by atoms with Crippen molar-refractivity contribution in [3.05, 3.63) is 0 Å². The Morgan fingerprint density at radius 1 is 1.50 bits per heavy atom. The van der Waals surface area contributed by atoms with Gasteiger partial charge in [-0.05, 0) is 25.1 Å². The monoisotopic (exact) mass is 158 g/mol. The standard InChI is InChI=1S/C6H10N2OS/c9-8-3-1-6(2-4-8)7-5-10/h6,9H,1-4H2. The molecule has 1 aliphatic heterocycles. The van der Waals surface area contributed by atoms with Crippen LogP contribution in [-0.2, 0) is 0 Å². The second kappa shape index (κ2) is 3.78. The number of nitrogens with zero attached hydrogens (tertiary/aromatic N) is 2. The minimum absolute atomic E-state index is 0.292. The van der Waals surface area contributed by atoms with Gasteiger partial charge < -0.3 is 5.21 Å². The van der Waals surface area contributed by atoms with Crippen molar-refractivity contribution in [2.45, 2.75) is 18.9 Å². The first-order valence-electron chi connectivity index (χ1n) is 3.33. The predicted octanol–water partition coefficient (Wildman–Crippen LogP) is 0.943. The summed E-state index contributed by atoms with van der Waals surface area (Å²) < 4.78 is 0. The Morgan fingerprint density at radius 2 is 2.10 bits per heavy atom. The molecule has 1 saturated heterocycles. The Labute approximate surface area is 65.3 Å². The number of aliphatic imine (C=N–C) groups is 1. The molecule has 1 N–H and O–H groups in total. The van der Waals surface area contributed by atoms with Crippen LogP contribution in [0.15, 0.2) is 4.99 Å². The van der Waals surface area contributed by atoms with Crippen LogP contribution in [0.25, 0.3) is 0 Å². The van der Waals surface area contributed by atoms with Gasteiger partial charge in [-0.15, -0.1) is 0 Å². The third-order valence-electron chi connectivity index (χ3n) is 1.68. The zero-order chi connectivity index (χ0) is 7.40. The van der Waals surface area contributed by atoms with Crippen molar-refractivity contribution in [2.75, 3.05) is 13.1 Å². The molecule has 0 atom stereocenters. The van der Waals surface area contributed by atoms with Crippen LogP contribution in [0, 0.1) is 0 Å². The number of hydrogen-bond acceptors (Lipinski definition) is 4. The lowest BCUT2D eigenvalue weighted by molar-refractivity contribution is -0.105. The summed E-state index contributed by atoms with van der Waals surface area (Å²) in [7, 11) is 0. The van der Waals surface area contributed by atoms with E-state index in [1.807, 2.05) is 0 Å². The molecule has 1 heterocycles. The number of piperidine rings is 1. The number of rotatable bonds is 1. The lowest BCUT2D eigenvalue weighted by Crippen LogP contribution is -2.32. The molecule has 1 fully saturated rings. The quantitative estimate of drug-likeness (QED) is 0.456. The Hall–Kier alpha value is -0.280. The molecule has 0 bridgehead atoms. The molecule has 0 aromatic rings. The van der Waals surface area contributed by atoms with Gasteiger partial charge >= 0.3 is 0 Å². The van der Waals surface area contributed by atoms with E-state index >= 15 is 0 Å². The highest BCUT2D eigenvalue weighted by atomic mass is 32.1. The van der Waals surface area contributed by atoms with Gasteiger partial charge in [-0.25, -0.2) is 4.99 Å². The fourth-order valence-corrected chi connectivity index (χ4v) is 1.20. The van der Waals surface area contributed by atoms with Crippen LogP contribution in [0.1, 0.15) is 12.8 Å². The summed E-state index contributed by atoms with van der Waals surface area (Å²) in [5, 5.41) is 12.6. The molecule has 0 aliphatic carbocycles. The SMILES string of the molecule is ON1CCC(N=C=S)CC1. The molecule has 0 radical (unpaired) electrons. The van der Waals surface area contributed by atoms with Crippen LogP contribution < -0.4 is 0 Å². The summed E-state index contributed by atoms with van der Waals surface area (Å²) in [6.45, 7) is 1.40. The highest BCUT2D eigenvalue weighted by Crippen LogP contribution is 2.10. The second-order valence-corrected chi connectivity index (χ2v) is 2.59. The van der Waals surface area contributed by atoms with Crippen molar-refractivity contribution in [2.24, 2.45) is 4.99 Å². The molecular formula is C6H10N2OS. The molecule has 4 heteroatoms. The molecule has 3 nitrogen and oxygen atoms in total. The average molecular weight is 158 g/mol. The van der Waals surface area contributed by atoms with Crippen LogP contribution in [0.2, 0.25) is 0 Å². The lowest BCUT2D eigenvalue weighted by atomic mass is 10.1. The first kappa shape index (κ1) is 7.82. The molecular weight excluding hydrogens is 148 g/mol. The van der Waals surface area contributed by atoms with Crippen LogP contribution in [0.3, 0.4) is 0 Å². The van der Waals surface area contributed by atoms with Crippen molar-refractivity contribution in [1.29, 1.82) is 0 Å². The van der Waals surface area contributed by atoms with Crippen molar-refractivity contribution >= 4 is 17.4 Å². The summed E-state index contributed by atoms with van der Waals surface area (Å²) in [6, 6.07) is 0.292. The molecule has 0 saturated carbocycles. The fraction of sp³-hybridized carbons (Fsp3) is 0.833. The van der Waals surface area contributed by atoms with Crippen LogP contribution >= 0.6 is 12.2 Å². The molecule has 0 unspecified atom stereocenters. The van der Waals surface area contributed by atoms with E-state index in [4.69, 9.17) is 5.21 Å². The molecule has 0 aromatic carbocycles. The molecule has 0 spiro atoms. The van der Waals surface area contributed by atoms with E-state index in [1.165, 1.54) is 5.06 Å². The van der Waals surface area contributed by atoms with E-state index in [2.05, 4.69) is 22.4 Å². The van der Waals surface area contributed by atoms with Crippen LogP contribution in [0.4, 0.5) is 0 Å². The molecule has 56 valence electrons. The Kier molecular flexibility index (Phi) is 2.96. The van der Waals surface area contributed by atoms with Gasteiger partial charge in [0.1, 0.15) is 0 Å². The largest absolute Gasteiger partial charge is 0.314 e. The average Bonchev–Trinajstić information content (AvgIpc) is 1.95. The molecule has 0 aromatic heterocycles. The molecule has 10 heavy (non-hydrogen) atoms. The Morgan fingerprint density at radius 3 is 2.60 bits per heavy atom. The number of isothiocyanates is 1. The van der Waals surface area contributed by atoms with Crippen LogP contribution in [-0.4, -0.2) is 34.6 Å². The third-order valence-corrected chi connectivity index (χ3v) is 1.78. The minimum atomic E-state index is 0.292. The summed E-state index contributed by atoms with van der Waals surface area (Å²) >= 11 is 4.47. The molecule has 1 rings (SSSR count). The summed E-state index contributed by atoms with van der Waals surface area (Å²) in [5.41, 5.74) is 0. The fourth-order valence-electron chi connectivity index (χ4n) is 1.06. The van der Waals surface area contributed by atoms with E-state index in [0.717, 1.165) is 12.8 Å². The third kappa shape index (κ3) is 2.15. The number of hydroxylamine groups is 2. The van der Waals surface area contributed by atoms with Gasteiger partial charge in [-0.3, -0.25) is 0 Å². The highest BCUT2D eigenvalue weighted by Gasteiger charge is 2.15. The summed E-state index contributed by atoms with van der Waals surface area (Å²) in [5.74, 6) is 0. The summed E-state index contributed by atoms with van der Waals surface area (Å²) in [6.07, 6.45) is 1.78. The zero-order valence-electron chi connectivity index (χ0n) is 5.66.